The van der Waals surface area contributed by atoms with E-state index in [2.05, 4.69) is 10.1 Å². The molecular formula is C16H18F2N4O. The van der Waals surface area contributed by atoms with E-state index in [4.69, 9.17) is 0 Å². The molecule has 122 valence electrons. The van der Waals surface area contributed by atoms with Crippen molar-refractivity contribution in [2.75, 3.05) is 13.1 Å². The standard InChI is InChI=1S/C16H18F2N4O/c1-10-19-11(2)22(20-10)13-4-3-7-21(9-13)16(23)12-5-6-14(17)15(18)8-12/h5-6,8,13H,3-4,7,9H2,1-2H3/t13-/m1/s1. The number of benzene rings is 1. The van der Waals surface area contributed by atoms with E-state index in [1.54, 1.807) is 4.90 Å². The molecule has 1 aromatic carbocycles. The third-order valence-corrected chi connectivity index (χ3v) is 4.10. The Labute approximate surface area is 132 Å². The van der Waals surface area contributed by atoms with Crippen molar-refractivity contribution in [3.63, 3.8) is 0 Å². The SMILES string of the molecule is Cc1nc(C)n([C@@H]2CCCN(C(=O)c3ccc(F)c(F)c3)C2)n1. The summed E-state index contributed by atoms with van der Waals surface area (Å²) in [6.07, 6.45) is 1.74. The lowest BCUT2D eigenvalue weighted by atomic mass is 10.0. The highest BCUT2D eigenvalue weighted by molar-refractivity contribution is 5.94. The number of hydrogen-bond acceptors (Lipinski definition) is 3. The number of nitrogens with zero attached hydrogens (tertiary/aromatic N) is 4. The molecule has 0 saturated carbocycles. The number of rotatable bonds is 2. The lowest BCUT2D eigenvalue weighted by Crippen LogP contribution is -2.41. The van der Waals surface area contributed by atoms with Gasteiger partial charge in [0.25, 0.3) is 5.91 Å². The van der Waals surface area contributed by atoms with Crippen LogP contribution in [0, 0.1) is 25.5 Å². The number of amides is 1. The number of halogens is 2. The van der Waals surface area contributed by atoms with Crippen LogP contribution in [0.5, 0.6) is 0 Å². The minimum Gasteiger partial charge on any atom is -0.336 e. The van der Waals surface area contributed by atoms with Gasteiger partial charge in [-0.05, 0) is 44.9 Å². The zero-order chi connectivity index (χ0) is 16.6. The van der Waals surface area contributed by atoms with Crippen molar-refractivity contribution in [2.45, 2.75) is 32.7 Å². The van der Waals surface area contributed by atoms with Crippen LogP contribution in [0.15, 0.2) is 18.2 Å². The van der Waals surface area contributed by atoms with Gasteiger partial charge < -0.3 is 4.90 Å². The second-order valence-electron chi connectivity index (χ2n) is 5.83. The fourth-order valence-electron chi connectivity index (χ4n) is 3.03. The van der Waals surface area contributed by atoms with Crippen molar-refractivity contribution in [1.82, 2.24) is 19.7 Å². The van der Waals surface area contributed by atoms with Crippen LogP contribution in [-0.4, -0.2) is 38.7 Å². The van der Waals surface area contributed by atoms with E-state index < -0.39 is 11.6 Å². The average molecular weight is 320 g/mol. The van der Waals surface area contributed by atoms with E-state index in [0.29, 0.717) is 18.9 Å². The predicted octanol–water partition coefficient (Wildman–Crippen LogP) is 2.65. The molecule has 0 radical (unpaired) electrons. The molecule has 2 heterocycles. The molecule has 23 heavy (non-hydrogen) atoms. The molecule has 1 amide bonds. The minimum atomic E-state index is -1.01. The number of hydrogen-bond donors (Lipinski definition) is 0. The van der Waals surface area contributed by atoms with Gasteiger partial charge in [-0.1, -0.05) is 0 Å². The Morgan fingerprint density at radius 3 is 2.70 bits per heavy atom. The Morgan fingerprint density at radius 1 is 1.26 bits per heavy atom. The van der Waals surface area contributed by atoms with E-state index in [-0.39, 0.29) is 17.5 Å². The van der Waals surface area contributed by atoms with Gasteiger partial charge in [-0.15, -0.1) is 0 Å². The van der Waals surface area contributed by atoms with Crippen LogP contribution in [0.25, 0.3) is 0 Å². The molecule has 1 aromatic heterocycles. The van der Waals surface area contributed by atoms with Gasteiger partial charge in [0.1, 0.15) is 11.6 Å². The van der Waals surface area contributed by atoms with E-state index in [0.717, 1.165) is 30.8 Å². The maximum absolute atomic E-state index is 13.3. The van der Waals surface area contributed by atoms with Gasteiger partial charge in [0.2, 0.25) is 0 Å². The number of aryl methyl sites for hydroxylation is 2. The smallest absolute Gasteiger partial charge is 0.254 e. The third-order valence-electron chi connectivity index (χ3n) is 4.10. The Hall–Kier alpha value is -2.31. The van der Waals surface area contributed by atoms with E-state index >= 15 is 0 Å². The van der Waals surface area contributed by atoms with Gasteiger partial charge in [0.05, 0.1) is 6.04 Å². The van der Waals surface area contributed by atoms with Crippen molar-refractivity contribution in [3.05, 3.63) is 47.0 Å². The van der Waals surface area contributed by atoms with Crippen molar-refractivity contribution in [1.29, 1.82) is 0 Å². The summed E-state index contributed by atoms with van der Waals surface area (Å²) in [7, 11) is 0. The van der Waals surface area contributed by atoms with Gasteiger partial charge in [-0.25, -0.2) is 18.4 Å². The summed E-state index contributed by atoms with van der Waals surface area (Å²) in [5, 5.41) is 4.38. The van der Waals surface area contributed by atoms with Crippen LogP contribution < -0.4 is 0 Å². The van der Waals surface area contributed by atoms with Gasteiger partial charge in [-0.2, -0.15) is 5.10 Å². The van der Waals surface area contributed by atoms with Crippen LogP contribution in [0.4, 0.5) is 8.78 Å². The Bertz CT molecular complexity index is 744. The number of carbonyl (C=O) groups is 1. The van der Waals surface area contributed by atoms with Crippen molar-refractivity contribution in [3.8, 4) is 0 Å². The lowest BCUT2D eigenvalue weighted by Gasteiger charge is -2.33. The molecule has 3 rings (SSSR count). The Morgan fingerprint density at radius 2 is 2.04 bits per heavy atom. The number of piperidine rings is 1. The molecule has 0 aliphatic carbocycles. The monoisotopic (exact) mass is 320 g/mol. The van der Waals surface area contributed by atoms with Crippen LogP contribution in [0.1, 0.15) is 40.9 Å². The molecule has 0 bridgehead atoms. The second kappa shape index (κ2) is 6.06. The quantitative estimate of drug-likeness (QED) is 0.855. The Balaban J connectivity index is 1.79. The predicted molar refractivity (Wildman–Crippen MR) is 80.0 cm³/mol. The van der Waals surface area contributed by atoms with Crippen molar-refractivity contribution in [2.24, 2.45) is 0 Å². The Kier molecular flexibility index (Phi) is 4.11. The summed E-state index contributed by atoms with van der Waals surface area (Å²) < 4.78 is 28.2. The molecule has 2 aromatic rings. The fourth-order valence-corrected chi connectivity index (χ4v) is 3.03. The molecule has 1 aliphatic heterocycles. The van der Waals surface area contributed by atoms with E-state index in [1.165, 1.54) is 6.07 Å². The highest BCUT2D eigenvalue weighted by atomic mass is 19.2. The molecule has 0 unspecified atom stereocenters. The van der Waals surface area contributed by atoms with Crippen molar-refractivity contribution >= 4 is 5.91 Å². The van der Waals surface area contributed by atoms with Crippen LogP contribution >= 0.6 is 0 Å². The minimum absolute atomic E-state index is 0.0548. The highest BCUT2D eigenvalue weighted by Gasteiger charge is 2.27. The van der Waals surface area contributed by atoms with Gasteiger partial charge >= 0.3 is 0 Å². The molecule has 1 fully saturated rings. The molecule has 7 heteroatoms. The van der Waals surface area contributed by atoms with Gasteiger partial charge in [0, 0.05) is 18.7 Å². The summed E-state index contributed by atoms with van der Waals surface area (Å²) in [6.45, 7) is 4.80. The zero-order valence-electron chi connectivity index (χ0n) is 13.1. The van der Waals surface area contributed by atoms with Crippen molar-refractivity contribution < 1.29 is 13.6 Å². The largest absolute Gasteiger partial charge is 0.336 e. The third kappa shape index (κ3) is 3.09. The summed E-state index contributed by atoms with van der Waals surface area (Å²) >= 11 is 0. The summed E-state index contributed by atoms with van der Waals surface area (Å²) in [6, 6.07) is 3.30. The zero-order valence-corrected chi connectivity index (χ0v) is 13.1. The summed E-state index contributed by atoms with van der Waals surface area (Å²) in [5.74, 6) is -0.733. The number of carbonyl (C=O) groups excluding carboxylic acids is 1. The topological polar surface area (TPSA) is 51.0 Å². The van der Waals surface area contributed by atoms with Gasteiger partial charge in [0.15, 0.2) is 11.6 Å². The number of aromatic nitrogens is 3. The van der Waals surface area contributed by atoms with Gasteiger partial charge in [-0.3, -0.25) is 4.79 Å². The second-order valence-corrected chi connectivity index (χ2v) is 5.83. The normalized spacial score (nSPS) is 18.3. The summed E-state index contributed by atoms with van der Waals surface area (Å²) in [5.41, 5.74) is 0.163. The van der Waals surface area contributed by atoms with E-state index in [9.17, 15) is 13.6 Å². The lowest BCUT2D eigenvalue weighted by molar-refractivity contribution is 0.0670. The fraction of sp³-hybridized carbons (Fsp3) is 0.438. The first-order valence-corrected chi connectivity index (χ1v) is 7.60. The first kappa shape index (κ1) is 15.6. The molecule has 0 N–H and O–H groups in total. The molecular weight excluding hydrogens is 302 g/mol. The highest BCUT2D eigenvalue weighted by Crippen LogP contribution is 2.23. The molecule has 5 nitrogen and oxygen atoms in total. The van der Waals surface area contributed by atoms with Crippen LogP contribution in [0.2, 0.25) is 0 Å². The number of likely N-dealkylation sites (tertiary alicyclic amines) is 1. The average Bonchev–Trinajstić information content (AvgIpc) is 2.88. The molecule has 1 atom stereocenters. The molecule has 1 saturated heterocycles. The maximum Gasteiger partial charge on any atom is 0.254 e. The molecule has 1 aliphatic rings. The van der Waals surface area contributed by atoms with Crippen LogP contribution in [0.3, 0.4) is 0 Å². The summed E-state index contributed by atoms with van der Waals surface area (Å²) in [4.78, 5) is 18.5. The molecule has 0 spiro atoms. The first-order chi connectivity index (χ1) is 11.0. The maximum atomic E-state index is 13.3. The van der Waals surface area contributed by atoms with Crippen LogP contribution in [-0.2, 0) is 0 Å². The first-order valence-electron chi connectivity index (χ1n) is 7.60. The van der Waals surface area contributed by atoms with E-state index in [1.807, 2.05) is 18.5 Å².